The normalized spacial score (nSPS) is 10.8. The van der Waals surface area contributed by atoms with E-state index >= 15 is 0 Å². The summed E-state index contributed by atoms with van der Waals surface area (Å²) in [6, 6.07) is 18.4. The maximum Gasteiger partial charge on any atom is 0.266 e. The van der Waals surface area contributed by atoms with E-state index in [1.54, 1.807) is 20.2 Å². The van der Waals surface area contributed by atoms with E-state index in [2.05, 4.69) is 41.5 Å². The molecule has 1 heterocycles. The Balaban J connectivity index is 1.67. The van der Waals surface area contributed by atoms with Crippen LogP contribution in [0.25, 0.3) is 0 Å². The second-order valence-corrected chi connectivity index (χ2v) is 6.03. The lowest BCUT2D eigenvalue weighted by molar-refractivity contribution is 0.414. The van der Waals surface area contributed by atoms with Crippen molar-refractivity contribution < 1.29 is 4.74 Å². The molecule has 0 radical (unpaired) electrons. The molecule has 0 unspecified atom stereocenters. The summed E-state index contributed by atoms with van der Waals surface area (Å²) in [5.74, 6) is 0.897. The van der Waals surface area contributed by atoms with Crippen molar-refractivity contribution in [2.75, 3.05) is 7.11 Å². The molecule has 4 nitrogen and oxygen atoms in total. The van der Waals surface area contributed by atoms with Gasteiger partial charge in [0.2, 0.25) is 0 Å². The van der Waals surface area contributed by atoms with Gasteiger partial charge in [0.1, 0.15) is 5.75 Å². The van der Waals surface area contributed by atoms with Crippen molar-refractivity contribution in [2.45, 2.75) is 19.3 Å². The molecule has 2 aromatic carbocycles. The predicted octanol–water partition coefficient (Wildman–Crippen LogP) is 3.10. The van der Waals surface area contributed by atoms with E-state index in [0.29, 0.717) is 0 Å². The monoisotopic (exact) mass is 322 g/mol. The number of hydrogen-bond donors (Lipinski definition) is 1. The molecule has 0 spiro atoms. The molecule has 0 amide bonds. The van der Waals surface area contributed by atoms with Gasteiger partial charge in [-0.1, -0.05) is 36.4 Å². The maximum absolute atomic E-state index is 11.5. The molecule has 24 heavy (non-hydrogen) atoms. The molecule has 124 valence electrons. The van der Waals surface area contributed by atoms with E-state index in [0.717, 1.165) is 30.7 Å². The molecule has 3 aromatic rings. The SMILES string of the molecule is COc1cccc(CCc2cccc(Cc3cc(=O)n(C)[nH]3)c2)c1. The summed E-state index contributed by atoms with van der Waals surface area (Å²) >= 11 is 0. The molecular weight excluding hydrogens is 300 g/mol. The summed E-state index contributed by atoms with van der Waals surface area (Å²) in [5, 5.41) is 3.07. The summed E-state index contributed by atoms with van der Waals surface area (Å²) in [6.07, 6.45) is 2.69. The Hall–Kier alpha value is -2.75. The number of ether oxygens (including phenoxy) is 1. The third kappa shape index (κ3) is 3.96. The number of H-pyrrole nitrogens is 1. The number of aromatic nitrogens is 2. The molecule has 1 N–H and O–H groups in total. The maximum atomic E-state index is 11.5. The lowest BCUT2D eigenvalue weighted by Crippen LogP contribution is -2.09. The Morgan fingerprint density at radius 2 is 1.62 bits per heavy atom. The van der Waals surface area contributed by atoms with E-state index < -0.39 is 0 Å². The van der Waals surface area contributed by atoms with E-state index in [4.69, 9.17) is 4.74 Å². The van der Waals surface area contributed by atoms with Crippen molar-refractivity contribution in [1.29, 1.82) is 0 Å². The quantitative estimate of drug-likeness (QED) is 0.758. The van der Waals surface area contributed by atoms with E-state index in [9.17, 15) is 4.79 Å². The van der Waals surface area contributed by atoms with Crippen LogP contribution in [0.15, 0.2) is 59.4 Å². The van der Waals surface area contributed by atoms with Crippen molar-refractivity contribution in [3.05, 3.63) is 87.3 Å². The zero-order valence-corrected chi connectivity index (χ0v) is 14.1. The van der Waals surface area contributed by atoms with Crippen LogP contribution in [0.1, 0.15) is 22.4 Å². The van der Waals surface area contributed by atoms with Crippen LogP contribution in [0.3, 0.4) is 0 Å². The summed E-state index contributed by atoms with van der Waals surface area (Å²) in [4.78, 5) is 11.5. The Kier molecular flexibility index (Phi) is 4.85. The first-order chi connectivity index (χ1) is 11.6. The number of nitrogens with zero attached hydrogens (tertiary/aromatic N) is 1. The van der Waals surface area contributed by atoms with Crippen LogP contribution in [-0.2, 0) is 26.3 Å². The highest BCUT2D eigenvalue weighted by Gasteiger charge is 2.03. The number of aryl methyl sites for hydroxylation is 3. The molecular formula is C20H22N2O2. The molecule has 0 saturated carbocycles. The zero-order chi connectivity index (χ0) is 16.9. The second-order valence-electron chi connectivity index (χ2n) is 6.03. The molecule has 0 atom stereocenters. The third-order valence-electron chi connectivity index (χ3n) is 4.16. The average Bonchev–Trinajstić information content (AvgIpc) is 2.91. The fraction of sp³-hybridized carbons (Fsp3) is 0.250. The van der Waals surface area contributed by atoms with Crippen molar-refractivity contribution in [2.24, 2.45) is 7.05 Å². The lowest BCUT2D eigenvalue weighted by atomic mass is 10.0. The number of nitrogens with one attached hydrogen (secondary N) is 1. The van der Waals surface area contributed by atoms with Gasteiger partial charge < -0.3 is 4.74 Å². The highest BCUT2D eigenvalue weighted by Crippen LogP contribution is 2.16. The van der Waals surface area contributed by atoms with Crippen LogP contribution in [-0.4, -0.2) is 16.9 Å². The predicted molar refractivity (Wildman–Crippen MR) is 95.7 cm³/mol. The Morgan fingerprint density at radius 3 is 2.29 bits per heavy atom. The number of benzene rings is 2. The molecule has 0 aliphatic heterocycles. The third-order valence-corrected chi connectivity index (χ3v) is 4.16. The van der Waals surface area contributed by atoms with Crippen molar-refractivity contribution in [3.63, 3.8) is 0 Å². The average molecular weight is 322 g/mol. The van der Waals surface area contributed by atoms with Crippen molar-refractivity contribution in [1.82, 2.24) is 9.78 Å². The topological polar surface area (TPSA) is 47.0 Å². The van der Waals surface area contributed by atoms with Gasteiger partial charge in [-0.15, -0.1) is 0 Å². The summed E-state index contributed by atoms with van der Waals surface area (Å²) in [7, 11) is 3.42. The van der Waals surface area contributed by atoms with Gasteiger partial charge in [-0.2, -0.15) is 0 Å². The minimum Gasteiger partial charge on any atom is -0.497 e. The van der Waals surface area contributed by atoms with Gasteiger partial charge in [0.15, 0.2) is 0 Å². The van der Waals surface area contributed by atoms with Gasteiger partial charge in [0.25, 0.3) is 5.56 Å². The lowest BCUT2D eigenvalue weighted by Gasteiger charge is -2.07. The van der Waals surface area contributed by atoms with Crippen LogP contribution in [0.4, 0.5) is 0 Å². The van der Waals surface area contributed by atoms with Crippen molar-refractivity contribution >= 4 is 0 Å². The largest absolute Gasteiger partial charge is 0.497 e. The molecule has 0 fully saturated rings. The Labute approximate surface area is 141 Å². The molecule has 4 heteroatoms. The summed E-state index contributed by atoms with van der Waals surface area (Å²) in [5.41, 5.74) is 4.72. The van der Waals surface area contributed by atoms with Crippen LogP contribution in [0.2, 0.25) is 0 Å². The van der Waals surface area contributed by atoms with Crippen LogP contribution in [0.5, 0.6) is 5.75 Å². The fourth-order valence-corrected chi connectivity index (χ4v) is 2.87. The van der Waals surface area contributed by atoms with Gasteiger partial charge in [0, 0.05) is 25.2 Å². The Morgan fingerprint density at radius 1 is 0.958 bits per heavy atom. The summed E-state index contributed by atoms with van der Waals surface area (Å²) in [6.45, 7) is 0. The van der Waals surface area contributed by atoms with E-state index in [-0.39, 0.29) is 5.56 Å². The number of aromatic amines is 1. The first kappa shape index (κ1) is 16.1. The minimum absolute atomic E-state index is 0.000760. The smallest absolute Gasteiger partial charge is 0.266 e. The van der Waals surface area contributed by atoms with E-state index in [1.807, 2.05) is 12.1 Å². The number of hydrogen-bond acceptors (Lipinski definition) is 2. The highest BCUT2D eigenvalue weighted by molar-refractivity contribution is 5.31. The second kappa shape index (κ2) is 7.21. The molecule has 0 bridgehead atoms. The van der Waals surface area contributed by atoms with Gasteiger partial charge in [-0.3, -0.25) is 14.6 Å². The van der Waals surface area contributed by atoms with E-state index in [1.165, 1.54) is 21.4 Å². The minimum atomic E-state index is -0.000760. The molecule has 3 rings (SSSR count). The molecule has 0 aliphatic rings. The molecule has 0 saturated heterocycles. The first-order valence-corrected chi connectivity index (χ1v) is 8.10. The zero-order valence-electron chi connectivity index (χ0n) is 14.1. The number of methoxy groups -OCH3 is 1. The van der Waals surface area contributed by atoms with Crippen LogP contribution < -0.4 is 10.3 Å². The van der Waals surface area contributed by atoms with Gasteiger partial charge in [0.05, 0.1) is 7.11 Å². The number of rotatable bonds is 6. The van der Waals surface area contributed by atoms with Crippen LogP contribution in [0, 0.1) is 0 Å². The first-order valence-electron chi connectivity index (χ1n) is 8.10. The van der Waals surface area contributed by atoms with Gasteiger partial charge in [-0.05, 0) is 41.7 Å². The molecule has 0 aliphatic carbocycles. The highest BCUT2D eigenvalue weighted by atomic mass is 16.5. The van der Waals surface area contributed by atoms with Crippen LogP contribution >= 0.6 is 0 Å². The van der Waals surface area contributed by atoms with Gasteiger partial charge >= 0.3 is 0 Å². The van der Waals surface area contributed by atoms with Gasteiger partial charge in [-0.25, -0.2) is 0 Å². The Bertz CT molecular complexity index is 877. The fourth-order valence-electron chi connectivity index (χ4n) is 2.87. The molecule has 1 aromatic heterocycles. The standard InChI is InChI=1S/C20H22N2O2/c1-22-20(23)14-18(21-22)12-17-7-3-5-15(11-17)9-10-16-6-4-8-19(13-16)24-2/h3-8,11,13-14,21H,9-10,12H2,1-2H3. The summed E-state index contributed by atoms with van der Waals surface area (Å²) < 4.78 is 6.77. The van der Waals surface area contributed by atoms with Crippen molar-refractivity contribution in [3.8, 4) is 5.75 Å².